The molecule has 0 fully saturated rings. The third-order valence-corrected chi connectivity index (χ3v) is 19.5. The van der Waals surface area contributed by atoms with Gasteiger partial charge >= 0.3 is 19.8 Å². The maximum Gasteiger partial charge on any atom is 0.472 e. The van der Waals surface area contributed by atoms with Crippen molar-refractivity contribution in [3.63, 3.8) is 0 Å². The van der Waals surface area contributed by atoms with Crippen LogP contribution in [0.2, 0.25) is 0 Å². The molecule has 1 N–H and O–H groups in total. The highest BCUT2D eigenvalue weighted by atomic mass is 31.2. The highest BCUT2D eigenvalue weighted by Crippen LogP contribution is 2.43. The third-order valence-electron chi connectivity index (χ3n) is 18.5. The summed E-state index contributed by atoms with van der Waals surface area (Å²) in [6, 6.07) is 0. The van der Waals surface area contributed by atoms with E-state index in [0.29, 0.717) is 23.9 Å². The Morgan fingerprint density at radius 2 is 0.600 bits per heavy atom. The monoisotopic (exact) mass is 1350 g/mol. The van der Waals surface area contributed by atoms with Gasteiger partial charge in [0.15, 0.2) is 6.10 Å². The van der Waals surface area contributed by atoms with Crippen LogP contribution in [0.15, 0.2) is 72.9 Å². The quantitative estimate of drug-likeness (QED) is 0.0211. The van der Waals surface area contributed by atoms with Crippen molar-refractivity contribution in [3.8, 4) is 0 Å². The van der Waals surface area contributed by atoms with E-state index in [1.54, 1.807) is 0 Å². The zero-order valence-corrected chi connectivity index (χ0v) is 64.6. The summed E-state index contributed by atoms with van der Waals surface area (Å²) in [5.41, 5.74) is 0. The van der Waals surface area contributed by atoms with Crippen LogP contribution in [0.5, 0.6) is 0 Å². The Kier molecular flexibility index (Phi) is 73.6. The van der Waals surface area contributed by atoms with E-state index >= 15 is 0 Å². The van der Waals surface area contributed by atoms with E-state index in [1.165, 1.54) is 295 Å². The zero-order valence-electron chi connectivity index (χ0n) is 63.7. The predicted molar refractivity (Wildman–Crippen MR) is 413 cm³/mol. The number of carbonyl (C=O) groups is 2. The molecular weight excluding hydrogens is 1190 g/mol. The van der Waals surface area contributed by atoms with Gasteiger partial charge in [-0.15, -0.1) is 0 Å². The van der Waals surface area contributed by atoms with Crippen molar-refractivity contribution in [2.75, 3.05) is 47.5 Å². The fourth-order valence-corrected chi connectivity index (χ4v) is 13.0. The van der Waals surface area contributed by atoms with Gasteiger partial charge in [0, 0.05) is 12.8 Å². The lowest BCUT2D eigenvalue weighted by Gasteiger charge is -2.24. The molecular formula is C85H159NO8P+. The SMILES string of the molecule is CC/C=C\C/C=C\C/C=C\C/C=C\C/C=C\C/C=C\CCCCCCCCCCCCCCCCC(=O)OC(COC(=O)CCCCCCCCCCCCCCCCCCCCCCCCCCCCCCCCCCCCCCCC)COP(=O)(O)OCC[N+](C)(C)C. The number of ether oxygens (including phenoxy) is 2. The minimum absolute atomic E-state index is 0.0320. The third kappa shape index (κ3) is 80.3. The molecule has 0 rings (SSSR count). The lowest BCUT2D eigenvalue weighted by Crippen LogP contribution is -2.37. The number of allylic oxidation sites excluding steroid dienone is 12. The van der Waals surface area contributed by atoms with E-state index in [2.05, 4.69) is 86.8 Å². The predicted octanol–water partition coefficient (Wildman–Crippen LogP) is 27.5. The molecule has 2 unspecified atom stereocenters. The van der Waals surface area contributed by atoms with Gasteiger partial charge in [-0.05, 0) is 64.2 Å². The van der Waals surface area contributed by atoms with Gasteiger partial charge in [-0.2, -0.15) is 0 Å². The Balaban J connectivity index is 3.91. The van der Waals surface area contributed by atoms with Crippen LogP contribution in [0.25, 0.3) is 0 Å². The molecule has 0 aliphatic carbocycles. The summed E-state index contributed by atoms with van der Waals surface area (Å²) in [5.74, 6) is -0.779. The summed E-state index contributed by atoms with van der Waals surface area (Å²) in [6.07, 6.45) is 104. The molecule has 0 aliphatic rings. The van der Waals surface area contributed by atoms with Crippen LogP contribution < -0.4 is 0 Å². The second-order valence-electron chi connectivity index (χ2n) is 29.1. The maximum atomic E-state index is 12.9. The van der Waals surface area contributed by atoms with Gasteiger partial charge in [-0.25, -0.2) is 4.57 Å². The van der Waals surface area contributed by atoms with E-state index in [-0.39, 0.29) is 25.6 Å². The number of phosphoric ester groups is 1. The van der Waals surface area contributed by atoms with Crippen molar-refractivity contribution in [2.45, 2.75) is 412 Å². The van der Waals surface area contributed by atoms with Gasteiger partial charge in [0.2, 0.25) is 0 Å². The van der Waals surface area contributed by atoms with E-state index < -0.39 is 26.5 Å². The van der Waals surface area contributed by atoms with Gasteiger partial charge in [0.25, 0.3) is 0 Å². The highest BCUT2D eigenvalue weighted by Gasteiger charge is 2.27. The number of carbonyl (C=O) groups excluding carboxylic acids is 2. The lowest BCUT2D eigenvalue weighted by atomic mass is 10.0. The Morgan fingerprint density at radius 3 is 0.895 bits per heavy atom. The standard InChI is InChI=1S/C85H158NO8P/c1-6-8-10-12-14-16-18-20-22-24-26-28-30-32-34-36-38-40-41-42-43-44-46-47-49-51-53-55-57-59-61-63-65-67-69-71-73-75-77-84(87)91-81-83(82-93-95(89,90)92-80-79-86(3,4)5)94-85(88)78-76-74-72-70-68-66-64-62-60-58-56-54-52-50-48-45-39-37-35-33-31-29-27-25-23-21-19-17-15-13-11-9-7-2/h9,11,15,17,21,23,27,29,33,35,39,45,83H,6-8,10,12-14,16,18-20,22,24-26,28,30-32,34,36-38,40-44,46-82H2,1-5H3/p+1/b11-9-,17-15-,23-21-,29-27-,35-33-,45-39-. The van der Waals surface area contributed by atoms with Crippen LogP contribution in [0.3, 0.4) is 0 Å². The average molecular weight is 1350 g/mol. The first-order valence-corrected chi connectivity index (χ1v) is 42.7. The van der Waals surface area contributed by atoms with Crippen molar-refractivity contribution in [3.05, 3.63) is 72.9 Å². The Bertz CT molecular complexity index is 1830. The van der Waals surface area contributed by atoms with Crippen LogP contribution >= 0.6 is 7.82 Å². The summed E-state index contributed by atoms with van der Waals surface area (Å²) >= 11 is 0. The summed E-state index contributed by atoms with van der Waals surface area (Å²) < 4.78 is 34.8. The fraction of sp³-hybridized carbons (Fsp3) is 0.835. The van der Waals surface area contributed by atoms with Gasteiger partial charge in [0.05, 0.1) is 27.7 Å². The molecule has 0 heterocycles. The summed E-state index contributed by atoms with van der Waals surface area (Å²) in [7, 11) is 1.49. The minimum atomic E-state index is -4.40. The summed E-state index contributed by atoms with van der Waals surface area (Å²) in [5, 5.41) is 0. The number of quaternary nitrogens is 1. The number of hydrogen-bond donors (Lipinski definition) is 1. The molecule has 0 bridgehead atoms. The average Bonchev–Trinajstić information content (AvgIpc) is 1.80. The molecule has 0 aliphatic heterocycles. The molecule has 0 aromatic carbocycles. The van der Waals surface area contributed by atoms with Gasteiger partial charge < -0.3 is 18.9 Å². The first-order valence-electron chi connectivity index (χ1n) is 41.2. The highest BCUT2D eigenvalue weighted by molar-refractivity contribution is 7.47. The van der Waals surface area contributed by atoms with Crippen LogP contribution in [0, 0.1) is 0 Å². The molecule has 556 valence electrons. The summed E-state index contributed by atoms with van der Waals surface area (Å²) in [4.78, 5) is 36.0. The van der Waals surface area contributed by atoms with E-state index in [1.807, 2.05) is 21.1 Å². The second-order valence-corrected chi connectivity index (χ2v) is 30.6. The Labute approximate surface area is 590 Å². The topological polar surface area (TPSA) is 108 Å². The molecule has 0 saturated carbocycles. The van der Waals surface area contributed by atoms with E-state index in [9.17, 15) is 19.0 Å². The van der Waals surface area contributed by atoms with Crippen molar-refractivity contribution in [1.82, 2.24) is 0 Å². The smallest absolute Gasteiger partial charge is 0.462 e. The van der Waals surface area contributed by atoms with Gasteiger partial charge in [-0.3, -0.25) is 18.6 Å². The summed E-state index contributed by atoms with van der Waals surface area (Å²) in [6.45, 7) is 4.39. The Hall–Kier alpha value is -2.55. The van der Waals surface area contributed by atoms with E-state index in [4.69, 9.17) is 18.5 Å². The molecule has 0 spiro atoms. The molecule has 0 saturated heterocycles. The number of likely N-dealkylation sites (N-methyl/N-ethyl adjacent to an activating group) is 1. The number of hydrogen-bond acceptors (Lipinski definition) is 7. The maximum absolute atomic E-state index is 12.9. The number of nitrogens with zero attached hydrogens (tertiary/aromatic N) is 1. The first-order chi connectivity index (χ1) is 46.5. The van der Waals surface area contributed by atoms with Crippen molar-refractivity contribution >= 4 is 19.8 Å². The molecule has 95 heavy (non-hydrogen) atoms. The molecule has 0 aromatic heterocycles. The largest absolute Gasteiger partial charge is 0.472 e. The van der Waals surface area contributed by atoms with Gasteiger partial charge in [-0.1, -0.05) is 401 Å². The molecule has 0 radical (unpaired) electrons. The number of rotatable bonds is 77. The molecule has 9 nitrogen and oxygen atoms in total. The van der Waals surface area contributed by atoms with Crippen LogP contribution in [0.1, 0.15) is 406 Å². The van der Waals surface area contributed by atoms with Gasteiger partial charge in [0.1, 0.15) is 19.8 Å². The normalized spacial score (nSPS) is 13.4. The molecule has 10 heteroatoms. The van der Waals surface area contributed by atoms with Crippen LogP contribution in [-0.4, -0.2) is 74.9 Å². The second kappa shape index (κ2) is 75.6. The lowest BCUT2D eigenvalue weighted by molar-refractivity contribution is -0.870. The minimum Gasteiger partial charge on any atom is -0.462 e. The fourth-order valence-electron chi connectivity index (χ4n) is 12.3. The number of phosphoric acid groups is 1. The number of esters is 2. The van der Waals surface area contributed by atoms with Crippen molar-refractivity contribution < 1.29 is 42.1 Å². The Morgan fingerprint density at radius 1 is 0.337 bits per heavy atom. The molecule has 0 amide bonds. The van der Waals surface area contributed by atoms with Crippen molar-refractivity contribution in [2.24, 2.45) is 0 Å². The van der Waals surface area contributed by atoms with Crippen LogP contribution in [-0.2, 0) is 32.7 Å². The molecule has 0 aromatic rings. The molecule has 2 atom stereocenters. The number of unbranched alkanes of at least 4 members (excludes halogenated alkanes) is 51. The van der Waals surface area contributed by atoms with Crippen molar-refractivity contribution in [1.29, 1.82) is 0 Å². The first kappa shape index (κ1) is 92.4. The van der Waals surface area contributed by atoms with Crippen LogP contribution in [0.4, 0.5) is 0 Å². The van der Waals surface area contributed by atoms with E-state index in [0.717, 1.165) is 77.0 Å². The zero-order chi connectivity index (χ0) is 69.0.